The summed E-state index contributed by atoms with van der Waals surface area (Å²) in [6.45, 7) is 0.976. The topological polar surface area (TPSA) is 58.4 Å². The van der Waals surface area contributed by atoms with Gasteiger partial charge in [0, 0.05) is 39.0 Å². The van der Waals surface area contributed by atoms with E-state index in [9.17, 15) is 4.79 Å². The molecule has 78 valence electrons. The second-order valence-electron chi connectivity index (χ2n) is 3.06. The number of amides is 1. The maximum atomic E-state index is 11.4. The fraction of sp³-hybridized carbons (Fsp3) is 0.556. The number of carbonyl (C=O) groups is 1. The van der Waals surface area contributed by atoms with Gasteiger partial charge < -0.3 is 10.0 Å². The number of hydrogen-bond donors (Lipinski definition) is 1. The van der Waals surface area contributed by atoms with Crippen LogP contribution in [0.15, 0.2) is 18.5 Å². The van der Waals surface area contributed by atoms with Crippen molar-refractivity contribution in [3.05, 3.63) is 18.5 Å². The van der Waals surface area contributed by atoms with Crippen LogP contribution in [0.2, 0.25) is 0 Å². The Kier molecular flexibility index (Phi) is 4.12. The summed E-state index contributed by atoms with van der Waals surface area (Å²) >= 11 is 0. The molecule has 0 spiro atoms. The van der Waals surface area contributed by atoms with E-state index in [-0.39, 0.29) is 12.5 Å². The molecule has 1 aromatic rings. The van der Waals surface area contributed by atoms with E-state index >= 15 is 0 Å². The molecule has 0 atom stereocenters. The summed E-state index contributed by atoms with van der Waals surface area (Å²) in [6.07, 6.45) is 3.92. The van der Waals surface area contributed by atoms with E-state index in [1.54, 1.807) is 17.9 Å². The van der Waals surface area contributed by atoms with Gasteiger partial charge in [-0.1, -0.05) is 0 Å². The molecule has 1 amide bonds. The third-order valence-electron chi connectivity index (χ3n) is 1.98. The fourth-order valence-corrected chi connectivity index (χ4v) is 1.11. The maximum absolute atomic E-state index is 11.4. The molecule has 1 heterocycles. The van der Waals surface area contributed by atoms with E-state index in [4.69, 9.17) is 5.11 Å². The van der Waals surface area contributed by atoms with E-state index in [0.29, 0.717) is 19.5 Å². The van der Waals surface area contributed by atoms with Gasteiger partial charge in [-0.3, -0.25) is 9.48 Å². The number of aliphatic hydroxyl groups excluding tert-OH is 1. The summed E-state index contributed by atoms with van der Waals surface area (Å²) in [7, 11) is 1.68. The van der Waals surface area contributed by atoms with Gasteiger partial charge in [-0.2, -0.15) is 5.10 Å². The molecule has 0 unspecified atom stereocenters. The van der Waals surface area contributed by atoms with Crippen molar-refractivity contribution in [3.8, 4) is 0 Å². The summed E-state index contributed by atoms with van der Waals surface area (Å²) in [6, 6.07) is 1.82. The number of aliphatic hydroxyl groups is 1. The second kappa shape index (κ2) is 5.39. The van der Waals surface area contributed by atoms with E-state index in [1.165, 1.54) is 4.90 Å². The molecule has 14 heavy (non-hydrogen) atoms. The van der Waals surface area contributed by atoms with Crippen molar-refractivity contribution in [2.75, 3.05) is 20.2 Å². The van der Waals surface area contributed by atoms with Crippen LogP contribution in [0.1, 0.15) is 6.42 Å². The Morgan fingerprint density at radius 1 is 1.64 bits per heavy atom. The quantitative estimate of drug-likeness (QED) is 0.706. The molecule has 5 nitrogen and oxygen atoms in total. The van der Waals surface area contributed by atoms with Crippen LogP contribution in [-0.4, -0.2) is 45.9 Å². The highest BCUT2D eigenvalue weighted by Crippen LogP contribution is 1.94. The largest absolute Gasteiger partial charge is 0.395 e. The van der Waals surface area contributed by atoms with Crippen molar-refractivity contribution in [2.45, 2.75) is 13.0 Å². The molecule has 0 saturated carbocycles. The number of nitrogens with zero attached hydrogens (tertiary/aromatic N) is 3. The Labute approximate surface area is 82.9 Å². The molecule has 0 aliphatic rings. The molecule has 0 saturated heterocycles. The maximum Gasteiger partial charge on any atom is 0.224 e. The summed E-state index contributed by atoms with van der Waals surface area (Å²) in [4.78, 5) is 12.9. The van der Waals surface area contributed by atoms with E-state index in [0.717, 1.165) is 0 Å². The van der Waals surface area contributed by atoms with Crippen molar-refractivity contribution in [1.82, 2.24) is 14.7 Å². The number of rotatable bonds is 5. The lowest BCUT2D eigenvalue weighted by Gasteiger charge is -2.15. The average molecular weight is 197 g/mol. The van der Waals surface area contributed by atoms with Crippen LogP contribution in [0.3, 0.4) is 0 Å². The molecule has 0 fully saturated rings. The lowest BCUT2D eigenvalue weighted by Crippen LogP contribution is -2.30. The highest BCUT2D eigenvalue weighted by molar-refractivity contribution is 5.75. The summed E-state index contributed by atoms with van der Waals surface area (Å²) < 4.78 is 1.71. The van der Waals surface area contributed by atoms with E-state index in [1.807, 2.05) is 12.3 Å². The number of aromatic nitrogens is 2. The highest BCUT2D eigenvalue weighted by Gasteiger charge is 2.07. The predicted molar refractivity (Wildman–Crippen MR) is 51.6 cm³/mol. The van der Waals surface area contributed by atoms with Crippen molar-refractivity contribution in [3.63, 3.8) is 0 Å². The normalized spacial score (nSPS) is 10.1. The summed E-state index contributed by atoms with van der Waals surface area (Å²) in [5, 5.41) is 12.6. The number of likely N-dealkylation sites (N-methyl/N-ethyl adjacent to an activating group) is 1. The van der Waals surface area contributed by atoms with Gasteiger partial charge in [-0.15, -0.1) is 0 Å². The predicted octanol–water partition coefficient (Wildman–Crippen LogP) is -0.276. The zero-order valence-corrected chi connectivity index (χ0v) is 8.26. The van der Waals surface area contributed by atoms with Crippen molar-refractivity contribution in [1.29, 1.82) is 0 Å². The van der Waals surface area contributed by atoms with Gasteiger partial charge in [0.25, 0.3) is 0 Å². The number of hydrogen-bond acceptors (Lipinski definition) is 3. The van der Waals surface area contributed by atoms with Gasteiger partial charge in [0.15, 0.2) is 0 Å². The van der Waals surface area contributed by atoms with Gasteiger partial charge in [0.1, 0.15) is 0 Å². The molecular weight excluding hydrogens is 182 g/mol. The first-order valence-electron chi connectivity index (χ1n) is 4.56. The molecule has 0 aliphatic heterocycles. The Bertz CT molecular complexity index is 272. The first-order valence-corrected chi connectivity index (χ1v) is 4.56. The minimum absolute atomic E-state index is 0.00398. The zero-order valence-electron chi connectivity index (χ0n) is 8.26. The van der Waals surface area contributed by atoms with Gasteiger partial charge in [-0.05, 0) is 6.07 Å². The Morgan fingerprint density at radius 3 is 3.00 bits per heavy atom. The van der Waals surface area contributed by atoms with Crippen molar-refractivity contribution < 1.29 is 9.90 Å². The zero-order chi connectivity index (χ0) is 10.4. The molecule has 5 heteroatoms. The molecule has 1 N–H and O–H groups in total. The molecule has 0 aliphatic carbocycles. The summed E-state index contributed by atoms with van der Waals surface area (Å²) in [5.74, 6) is 0.0227. The highest BCUT2D eigenvalue weighted by atomic mass is 16.3. The van der Waals surface area contributed by atoms with Gasteiger partial charge >= 0.3 is 0 Å². The molecule has 0 bridgehead atoms. The first-order chi connectivity index (χ1) is 6.74. The minimum atomic E-state index is 0.00398. The Hall–Kier alpha value is -1.36. The van der Waals surface area contributed by atoms with E-state index in [2.05, 4.69) is 5.10 Å². The Balaban J connectivity index is 2.27. The third-order valence-corrected chi connectivity index (χ3v) is 1.98. The van der Waals surface area contributed by atoms with Crippen LogP contribution in [0.25, 0.3) is 0 Å². The number of aryl methyl sites for hydroxylation is 1. The average Bonchev–Trinajstić information content (AvgIpc) is 2.67. The first kappa shape index (κ1) is 10.7. The number of carbonyl (C=O) groups excluding carboxylic acids is 1. The lowest BCUT2D eigenvalue weighted by molar-refractivity contribution is -0.130. The van der Waals surface area contributed by atoms with Crippen LogP contribution in [-0.2, 0) is 11.3 Å². The third kappa shape index (κ3) is 3.18. The minimum Gasteiger partial charge on any atom is -0.395 e. The lowest BCUT2D eigenvalue weighted by atomic mass is 10.3. The van der Waals surface area contributed by atoms with Crippen LogP contribution in [0, 0.1) is 0 Å². The van der Waals surface area contributed by atoms with Gasteiger partial charge in [0.05, 0.1) is 6.61 Å². The van der Waals surface area contributed by atoms with Crippen LogP contribution in [0.4, 0.5) is 0 Å². The van der Waals surface area contributed by atoms with Crippen LogP contribution < -0.4 is 0 Å². The monoisotopic (exact) mass is 197 g/mol. The fourth-order valence-electron chi connectivity index (χ4n) is 1.11. The summed E-state index contributed by atoms with van der Waals surface area (Å²) in [5.41, 5.74) is 0. The van der Waals surface area contributed by atoms with Crippen LogP contribution in [0.5, 0.6) is 0 Å². The molecule has 1 aromatic heterocycles. The van der Waals surface area contributed by atoms with Gasteiger partial charge in [0.2, 0.25) is 5.91 Å². The Morgan fingerprint density at radius 2 is 2.43 bits per heavy atom. The SMILES string of the molecule is CN(CCO)C(=O)CCn1cccn1. The smallest absolute Gasteiger partial charge is 0.224 e. The van der Waals surface area contributed by atoms with Crippen molar-refractivity contribution >= 4 is 5.91 Å². The second-order valence-corrected chi connectivity index (χ2v) is 3.06. The van der Waals surface area contributed by atoms with Crippen molar-refractivity contribution in [2.24, 2.45) is 0 Å². The standard InChI is InChI=1S/C9H15N3O2/c1-11(7-8-13)9(14)3-6-12-5-2-4-10-12/h2,4-5,13H,3,6-8H2,1H3. The molecule has 0 aromatic carbocycles. The van der Waals surface area contributed by atoms with E-state index < -0.39 is 0 Å². The molecule has 1 rings (SSSR count). The molecule has 0 radical (unpaired) electrons. The van der Waals surface area contributed by atoms with Crippen LogP contribution >= 0.6 is 0 Å². The van der Waals surface area contributed by atoms with Gasteiger partial charge in [-0.25, -0.2) is 0 Å². The molecular formula is C9H15N3O2.